The molecule has 0 bridgehead atoms. The second-order valence-electron chi connectivity index (χ2n) is 8.04. The van der Waals surface area contributed by atoms with Crippen molar-refractivity contribution in [1.82, 2.24) is 9.80 Å². The Bertz CT molecular complexity index is 834. The molecule has 0 aromatic heterocycles. The minimum atomic E-state index is -0.00585. The van der Waals surface area contributed by atoms with Crippen LogP contribution in [-0.2, 0) is 14.3 Å². The molecule has 1 fully saturated rings. The number of Topliss-reactive ketones (excluding diaryl/α,β-unsaturated/α-hetero) is 2. The van der Waals surface area contributed by atoms with Crippen molar-refractivity contribution in [3.8, 4) is 0 Å². The van der Waals surface area contributed by atoms with Crippen LogP contribution in [0.1, 0.15) is 36.9 Å². The Kier molecular flexibility index (Phi) is 9.22. The number of nitrogens with zero attached hydrogens (tertiary/aromatic N) is 2. The van der Waals surface area contributed by atoms with Crippen LogP contribution in [0.25, 0.3) is 0 Å². The molecule has 0 spiro atoms. The van der Waals surface area contributed by atoms with E-state index in [1.54, 1.807) is 0 Å². The minimum absolute atomic E-state index is 0.00585. The average Bonchev–Trinajstić information content (AvgIpc) is 2.78. The van der Waals surface area contributed by atoms with Gasteiger partial charge in [0.25, 0.3) is 0 Å². The van der Waals surface area contributed by atoms with E-state index < -0.39 is 0 Å². The fourth-order valence-corrected chi connectivity index (χ4v) is 4.03. The summed E-state index contributed by atoms with van der Waals surface area (Å²) in [5, 5.41) is 0.750. The van der Waals surface area contributed by atoms with E-state index in [1.165, 1.54) is 18.1 Å². The van der Waals surface area contributed by atoms with Gasteiger partial charge in [0, 0.05) is 50.6 Å². The highest BCUT2D eigenvalue weighted by molar-refractivity contribution is 6.30. The summed E-state index contributed by atoms with van der Waals surface area (Å²) < 4.78 is 5.53. The first-order valence-electron chi connectivity index (χ1n) is 10.9. The SMILES string of the molecule is CC(=O)CCC(=O)COCCN1CCN(C(c2ccccc2)c2ccc(Cl)cc2)CC1. The van der Waals surface area contributed by atoms with E-state index in [0.29, 0.717) is 13.0 Å². The van der Waals surface area contributed by atoms with Crippen LogP contribution in [0.4, 0.5) is 0 Å². The van der Waals surface area contributed by atoms with Gasteiger partial charge in [-0.3, -0.25) is 14.6 Å². The number of ketones is 2. The van der Waals surface area contributed by atoms with Crippen LogP contribution < -0.4 is 0 Å². The molecule has 0 aliphatic carbocycles. The second-order valence-corrected chi connectivity index (χ2v) is 8.47. The number of piperazine rings is 1. The molecule has 166 valence electrons. The summed E-state index contributed by atoms with van der Waals surface area (Å²) in [5.74, 6) is 0.0346. The van der Waals surface area contributed by atoms with E-state index in [4.69, 9.17) is 16.3 Å². The van der Waals surface area contributed by atoms with Crippen molar-refractivity contribution in [3.63, 3.8) is 0 Å². The van der Waals surface area contributed by atoms with Crippen molar-refractivity contribution in [2.45, 2.75) is 25.8 Å². The first kappa shape index (κ1) is 23.6. The Balaban J connectivity index is 1.49. The number of carbonyl (C=O) groups is 2. The Morgan fingerprint density at radius 1 is 0.935 bits per heavy atom. The molecule has 0 N–H and O–H groups in total. The Hall–Kier alpha value is -2.05. The van der Waals surface area contributed by atoms with Crippen molar-refractivity contribution < 1.29 is 14.3 Å². The lowest BCUT2D eigenvalue weighted by atomic mass is 9.96. The predicted octanol–water partition coefficient (Wildman–Crippen LogP) is 4.00. The second kappa shape index (κ2) is 12.1. The van der Waals surface area contributed by atoms with Crippen LogP contribution in [0.2, 0.25) is 5.02 Å². The zero-order chi connectivity index (χ0) is 22.1. The van der Waals surface area contributed by atoms with E-state index in [9.17, 15) is 9.59 Å². The maximum absolute atomic E-state index is 11.7. The summed E-state index contributed by atoms with van der Waals surface area (Å²) in [5.41, 5.74) is 2.53. The first-order chi connectivity index (χ1) is 15.0. The van der Waals surface area contributed by atoms with Crippen LogP contribution >= 0.6 is 11.6 Å². The van der Waals surface area contributed by atoms with Gasteiger partial charge in [-0.2, -0.15) is 0 Å². The van der Waals surface area contributed by atoms with Gasteiger partial charge < -0.3 is 9.53 Å². The molecule has 5 nitrogen and oxygen atoms in total. The van der Waals surface area contributed by atoms with Crippen molar-refractivity contribution in [2.24, 2.45) is 0 Å². The molecule has 2 aromatic carbocycles. The maximum atomic E-state index is 11.7. The third kappa shape index (κ3) is 7.54. The van der Waals surface area contributed by atoms with E-state index >= 15 is 0 Å². The van der Waals surface area contributed by atoms with Crippen LogP contribution in [0.15, 0.2) is 54.6 Å². The van der Waals surface area contributed by atoms with E-state index in [2.05, 4.69) is 46.2 Å². The molecular formula is C25H31ClN2O3. The molecule has 6 heteroatoms. The molecule has 1 heterocycles. The van der Waals surface area contributed by atoms with Gasteiger partial charge in [-0.25, -0.2) is 0 Å². The van der Waals surface area contributed by atoms with Crippen LogP contribution in [0.5, 0.6) is 0 Å². The molecule has 0 amide bonds. The lowest BCUT2D eigenvalue weighted by molar-refractivity contribution is -0.126. The lowest BCUT2D eigenvalue weighted by Crippen LogP contribution is -2.48. The molecule has 1 saturated heterocycles. The predicted molar refractivity (Wildman–Crippen MR) is 123 cm³/mol. The van der Waals surface area contributed by atoms with Crippen molar-refractivity contribution in [1.29, 1.82) is 0 Å². The van der Waals surface area contributed by atoms with Gasteiger partial charge in [0.15, 0.2) is 5.78 Å². The highest BCUT2D eigenvalue weighted by Gasteiger charge is 2.26. The van der Waals surface area contributed by atoms with Crippen molar-refractivity contribution >= 4 is 23.2 Å². The third-order valence-corrected chi connectivity index (χ3v) is 5.90. The van der Waals surface area contributed by atoms with Gasteiger partial charge in [0.1, 0.15) is 12.4 Å². The standard InChI is InChI=1S/C25H31ClN2O3/c1-20(29)7-12-24(30)19-31-18-17-27-13-15-28(16-14-27)25(21-5-3-2-4-6-21)22-8-10-23(26)11-9-22/h2-6,8-11,25H,7,12-19H2,1H3. The van der Waals surface area contributed by atoms with Crippen molar-refractivity contribution in [3.05, 3.63) is 70.7 Å². The van der Waals surface area contributed by atoms with Crippen LogP contribution in [-0.4, -0.2) is 67.3 Å². The van der Waals surface area contributed by atoms with Crippen LogP contribution in [0, 0.1) is 0 Å². The number of rotatable bonds is 11. The lowest BCUT2D eigenvalue weighted by Gasteiger charge is -2.39. The number of ether oxygens (including phenoxy) is 1. The Morgan fingerprint density at radius 2 is 1.58 bits per heavy atom. The van der Waals surface area contributed by atoms with Gasteiger partial charge in [0.2, 0.25) is 0 Å². The molecule has 1 atom stereocenters. The van der Waals surface area contributed by atoms with E-state index in [1.807, 2.05) is 18.2 Å². The van der Waals surface area contributed by atoms with Crippen molar-refractivity contribution in [2.75, 3.05) is 45.9 Å². The van der Waals surface area contributed by atoms with Gasteiger partial charge in [-0.1, -0.05) is 54.1 Å². The zero-order valence-electron chi connectivity index (χ0n) is 18.1. The maximum Gasteiger partial charge on any atom is 0.158 e. The normalized spacial score (nSPS) is 16.2. The van der Waals surface area contributed by atoms with Gasteiger partial charge in [0.05, 0.1) is 12.6 Å². The highest BCUT2D eigenvalue weighted by Crippen LogP contribution is 2.30. The molecule has 31 heavy (non-hydrogen) atoms. The minimum Gasteiger partial charge on any atom is -0.372 e. The molecule has 1 aliphatic rings. The largest absolute Gasteiger partial charge is 0.372 e. The summed E-state index contributed by atoms with van der Waals surface area (Å²) in [4.78, 5) is 27.5. The Labute approximate surface area is 189 Å². The third-order valence-electron chi connectivity index (χ3n) is 5.64. The fourth-order valence-electron chi connectivity index (χ4n) is 3.91. The molecule has 2 aromatic rings. The molecule has 1 aliphatic heterocycles. The van der Waals surface area contributed by atoms with E-state index in [0.717, 1.165) is 37.7 Å². The average molecular weight is 443 g/mol. The summed E-state index contributed by atoms with van der Waals surface area (Å²) in [7, 11) is 0. The fraction of sp³-hybridized carbons (Fsp3) is 0.440. The number of carbonyl (C=O) groups excluding carboxylic acids is 2. The van der Waals surface area contributed by atoms with Gasteiger partial charge in [-0.15, -0.1) is 0 Å². The Morgan fingerprint density at radius 3 is 2.23 bits per heavy atom. The monoisotopic (exact) mass is 442 g/mol. The van der Waals surface area contributed by atoms with E-state index in [-0.39, 0.29) is 30.6 Å². The molecule has 1 unspecified atom stereocenters. The molecule has 0 saturated carbocycles. The number of halogens is 1. The summed E-state index contributed by atoms with van der Waals surface area (Å²) >= 11 is 6.11. The van der Waals surface area contributed by atoms with Gasteiger partial charge in [-0.05, 0) is 30.2 Å². The summed E-state index contributed by atoms with van der Waals surface area (Å²) in [6.07, 6.45) is 0.583. The topological polar surface area (TPSA) is 49.9 Å². The number of hydrogen-bond donors (Lipinski definition) is 0. The summed E-state index contributed by atoms with van der Waals surface area (Å²) in [6.45, 7) is 6.77. The molecular weight excluding hydrogens is 412 g/mol. The number of benzene rings is 2. The molecule has 3 rings (SSSR count). The highest BCUT2D eigenvalue weighted by atomic mass is 35.5. The first-order valence-corrected chi connectivity index (χ1v) is 11.3. The number of hydrogen-bond acceptors (Lipinski definition) is 5. The quantitative estimate of drug-likeness (QED) is 0.492. The zero-order valence-corrected chi connectivity index (χ0v) is 18.9. The smallest absolute Gasteiger partial charge is 0.158 e. The molecule has 0 radical (unpaired) electrons. The van der Waals surface area contributed by atoms with Crippen LogP contribution in [0.3, 0.4) is 0 Å². The summed E-state index contributed by atoms with van der Waals surface area (Å²) in [6, 6.07) is 18.9. The van der Waals surface area contributed by atoms with Gasteiger partial charge >= 0.3 is 0 Å².